The molecule has 0 aromatic heterocycles. The van der Waals surface area contributed by atoms with Crippen LogP contribution in [0.25, 0.3) is 0 Å². The third kappa shape index (κ3) is 2.55. The molecule has 0 spiro atoms. The molecule has 110 valence electrons. The van der Waals surface area contributed by atoms with E-state index in [1.807, 2.05) is 55.5 Å². The number of hydrogen-bond donors (Lipinski definition) is 2. The number of benzene rings is 2. The first kappa shape index (κ1) is 14.1. The maximum atomic E-state index is 10.9. The van der Waals surface area contributed by atoms with Crippen molar-refractivity contribution in [3.8, 4) is 5.75 Å². The zero-order valence-corrected chi connectivity index (χ0v) is 12.3. The van der Waals surface area contributed by atoms with Crippen molar-refractivity contribution in [3.05, 3.63) is 65.2 Å². The molecule has 3 nitrogen and oxygen atoms in total. The second kappa shape index (κ2) is 5.51. The van der Waals surface area contributed by atoms with Crippen LogP contribution >= 0.6 is 0 Å². The highest BCUT2D eigenvalue weighted by Crippen LogP contribution is 2.42. The SMILES string of the molecule is Cc1cccc(C(O)C2(CN)COc3ccccc3C2)c1. The summed E-state index contributed by atoms with van der Waals surface area (Å²) in [6.45, 7) is 2.85. The molecule has 21 heavy (non-hydrogen) atoms. The number of nitrogens with two attached hydrogens (primary N) is 1. The maximum Gasteiger partial charge on any atom is 0.122 e. The zero-order valence-electron chi connectivity index (χ0n) is 12.3. The molecule has 2 atom stereocenters. The Morgan fingerprint density at radius 1 is 1.24 bits per heavy atom. The van der Waals surface area contributed by atoms with Gasteiger partial charge in [0.1, 0.15) is 5.75 Å². The molecule has 0 radical (unpaired) electrons. The minimum Gasteiger partial charge on any atom is -0.493 e. The van der Waals surface area contributed by atoms with Crippen molar-refractivity contribution in [2.24, 2.45) is 11.1 Å². The Kier molecular flexibility index (Phi) is 3.70. The number of aryl methyl sites for hydroxylation is 1. The number of fused-ring (bicyclic) bond motifs is 1. The zero-order chi connectivity index (χ0) is 14.9. The smallest absolute Gasteiger partial charge is 0.122 e. The summed E-state index contributed by atoms with van der Waals surface area (Å²) in [6, 6.07) is 15.9. The van der Waals surface area contributed by atoms with Crippen LogP contribution < -0.4 is 10.5 Å². The first-order chi connectivity index (χ1) is 10.1. The standard InChI is InChI=1S/C18H21NO2/c1-13-5-4-7-14(9-13)17(20)18(11-19)10-15-6-2-3-8-16(15)21-12-18/h2-9,17,20H,10-12,19H2,1H3. The highest BCUT2D eigenvalue weighted by Gasteiger charge is 2.42. The summed E-state index contributed by atoms with van der Waals surface area (Å²) in [5.74, 6) is 0.901. The summed E-state index contributed by atoms with van der Waals surface area (Å²) < 4.78 is 5.86. The van der Waals surface area contributed by atoms with Crippen LogP contribution in [0.2, 0.25) is 0 Å². The summed E-state index contributed by atoms with van der Waals surface area (Å²) in [5, 5.41) is 10.9. The minimum absolute atomic E-state index is 0.385. The van der Waals surface area contributed by atoms with E-state index < -0.39 is 11.5 Å². The lowest BCUT2D eigenvalue weighted by atomic mass is 9.73. The van der Waals surface area contributed by atoms with Gasteiger partial charge in [-0.25, -0.2) is 0 Å². The largest absolute Gasteiger partial charge is 0.493 e. The van der Waals surface area contributed by atoms with E-state index >= 15 is 0 Å². The third-order valence-corrected chi connectivity index (χ3v) is 4.37. The molecule has 0 aliphatic carbocycles. The Labute approximate surface area is 125 Å². The van der Waals surface area contributed by atoms with Crippen molar-refractivity contribution in [2.45, 2.75) is 19.4 Å². The van der Waals surface area contributed by atoms with E-state index in [1.54, 1.807) is 0 Å². The van der Waals surface area contributed by atoms with Crippen LogP contribution in [-0.4, -0.2) is 18.3 Å². The van der Waals surface area contributed by atoms with Crippen molar-refractivity contribution < 1.29 is 9.84 Å². The minimum atomic E-state index is -0.629. The molecule has 0 fully saturated rings. The monoisotopic (exact) mass is 283 g/mol. The Balaban J connectivity index is 1.95. The Hall–Kier alpha value is -1.84. The van der Waals surface area contributed by atoms with Gasteiger partial charge in [-0.2, -0.15) is 0 Å². The molecule has 2 aromatic rings. The van der Waals surface area contributed by atoms with Crippen LogP contribution in [0.15, 0.2) is 48.5 Å². The van der Waals surface area contributed by atoms with Crippen LogP contribution in [0, 0.1) is 12.3 Å². The number of aliphatic hydroxyl groups is 1. The second-order valence-electron chi connectivity index (χ2n) is 5.96. The molecule has 0 saturated heterocycles. The van der Waals surface area contributed by atoms with E-state index in [2.05, 4.69) is 0 Å². The van der Waals surface area contributed by atoms with Gasteiger partial charge in [0.25, 0.3) is 0 Å². The number of para-hydroxylation sites is 1. The first-order valence-corrected chi connectivity index (χ1v) is 7.30. The van der Waals surface area contributed by atoms with E-state index in [4.69, 9.17) is 10.5 Å². The summed E-state index contributed by atoms with van der Waals surface area (Å²) >= 11 is 0. The van der Waals surface area contributed by atoms with Gasteiger partial charge in [0.2, 0.25) is 0 Å². The lowest BCUT2D eigenvalue weighted by Crippen LogP contribution is -2.46. The van der Waals surface area contributed by atoms with Crippen LogP contribution in [0.5, 0.6) is 5.75 Å². The fourth-order valence-corrected chi connectivity index (χ4v) is 3.05. The summed E-state index contributed by atoms with van der Waals surface area (Å²) in [7, 11) is 0. The number of ether oxygens (including phenoxy) is 1. The molecule has 0 amide bonds. The second-order valence-corrected chi connectivity index (χ2v) is 5.96. The summed E-state index contributed by atoms with van der Waals surface area (Å²) in [4.78, 5) is 0. The average Bonchev–Trinajstić information content (AvgIpc) is 2.53. The Morgan fingerprint density at radius 3 is 2.81 bits per heavy atom. The normalized spacial score (nSPS) is 22.2. The molecule has 2 unspecified atom stereocenters. The molecule has 0 bridgehead atoms. The van der Waals surface area contributed by atoms with E-state index in [-0.39, 0.29) is 0 Å². The van der Waals surface area contributed by atoms with Crippen LogP contribution in [0.1, 0.15) is 22.8 Å². The fraction of sp³-hybridized carbons (Fsp3) is 0.333. The molecule has 2 aromatic carbocycles. The van der Waals surface area contributed by atoms with E-state index in [9.17, 15) is 5.11 Å². The highest BCUT2D eigenvalue weighted by molar-refractivity contribution is 5.37. The van der Waals surface area contributed by atoms with E-state index in [1.165, 1.54) is 0 Å². The molecule has 1 heterocycles. The maximum absolute atomic E-state index is 10.9. The number of rotatable bonds is 3. The number of aliphatic hydroxyl groups excluding tert-OH is 1. The molecule has 3 heteroatoms. The molecule has 0 saturated carbocycles. The molecular formula is C18H21NO2. The molecule has 1 aliphatic heterocycles. The molecule has 1 aliphatic rings. The van der Waals surface area contributed by atoms with Gasteiger partial charge in [-0.05, 0) is 30.5 Å². The van der Waals surface area contributed by atoms with Crippen molar-refractivity contribution in [2.75, 3.05) is 13.2 Å². The van der Waals surface area contributed by atoms with Crippen LogP contribution in [0.3, 0.4) is 0 Å². The molecular weight excluding hydrogens is 262 g/mol. The topological polar surface area (TPSA) is 55.5 Å². The molecule has 3 N–H and O–H groups in total. The Bertz CT molecular complexity index is 641. The predicted molar refractivity (Wildman–Crippen MR) is 83.3 cm³/mol. The third-order valence-electron chi connectivity index (χ3n) is 4.37. The van der Waals surface area contributed by atoms with Gasteiger partial charge in [-0.3, -0.25) is 0 Å². The summed E-state index contributed by atoms with van der Waals surface area (Å²) in [6.07, 6.45) is 0.102. The van der Waals surface area contributed by atoms with Crippen LogP contribution in [-0.2, 0) is 6.42 Å². The van der Waals surface area contributed by atoms with Crippen LogP contribution in [0.4, 0.5) is 0 Å². The average molecular weight is 283 g/mol. The van der Waals surface area contributed by atoms with Gasteiger partial charge in [-0.15, -0.1) is 0 Å². The van der Waals surface area contributed by atoms with Gasteiger partial charge in [0.15, 0.2) is 0 Å². The first-order valence-electron chi connectivity index (χ1n) is 7.30. The van der Waals surface area contributed by atoms with Crippen molar-refractivity contribution >= 4 is 0 Å². The summed E-state index contributed by atoms with van der Waals surface area (Å²) in [5.41, 5.74) is 8.71. The van der Waals surface area contributed by atoms with E-state index in [0.717, 1.165) is 28.9 Å². The Morgan fingerprint density at radius 2 is 2.05 bits per heavy atom. The van der Waals surface area contributed by atoms with Crippen molar-refractivity contribution in [1.82, 2.24) is 0 Å². The van der Waals surface area contributed by atoms with E-state index in [0.29, 0.717) is 13.2 Å². The van der Waals surface area contributed by atoms with Gasteiger partial charge < -0.3 is 15.6 Å². The number of hydrogen-bond acceptors (Lipinski definition) is 3. The fourth-order valence-electron chi connectivity index (χ4n) is 3.05. The lowest BCUT2D eigenvalue weighted by Gasteiger charge is -2.40. The van der Waals surface area contributed by atoms with Gasteiger partial charge in [0, 0.05) is 6.54 Å². The highest BCUT2D eigenvalue weighted by atomic mass is 16.5. The van der Waals surface area contributed by atoms with Crippen molar-refractivity contribution in [1.29, 1.82) is 0 Å². The van der Waals surface area contributed by atoms with Gasteiger partial charge >= 0.3 is 0 Å². The van der Waals surface area contributed by atoms with Crippen molar-refractivity contribution in [3.63, 3.8) is 0 Å². The molecule has 3 rings (SSSR count). The quantitative estimate of drug-likeness (QED) is 0.910. The van der Waals surface area contributed by atoms with Gasteiger partial charge in [0.05, 0.1) is 18.1 Å². The predicted octanol–water partition coefficient (Wildman–Crippen LogP) is 2.61. The lowest BCUT2D eigenvalue weighted by molar-refractivity contribution is -0.0161. The van der Waals surface area contributed by atoms with Gasteiger partial charge in [-0.1, -0.05) is 48.0 Å².